The van der Waals surface area contributed by atoms with Gasteiger partial charge in [0.15, 0.2) is 0 Å². The topological polar surface area (TPSA) is 81.7 Å². The Kier molecular flexibility index (Phi) is 9.21. The van der Waals surface area contributed by atoms with Gasteiger partial charge in [-0.25, -0.2) is 0 Å². The van der Waals surface area contributed by atoms with Gasteiger partial charge in [-0.2, -0.15) is 0 Å². The predicted octanol–water partition coefficient (Wildman–Crippen LogP) is 4.36. The molecule has 1 saturated heterocycles. The first-order chi connectivity index (χ1) is 19.1. The van der Waals surface area contributed by atoms with E-state index >= 15 is 0 Å². The largest absolute Gasteiger partial charge is 0.497 e. The second-order valence-corrected chi connectivity index (χ2v) is 9.93. The average Bonchev–Trinajstić information content (AvgIpc) is 2.97. The molecule has 0 radical (unpaired) electrons. The van der Waals surface area contributed by atoms with Crippen LogP contribution in [0.25, 0.3) is 0 Å². The Hall–Kier alpha value is -3.30. The minimum absolute atomic E-state index is 0.149. The molecule has 0 saturated carbocycles. The lowest BCUT2D eigenvalue weighted by Gasteiger charge is -2.36. The maximum atomic E-state index is 10.9. The predicted molar refractivity (Wildman–Crippen MR) is 150 cm³/mol. The van der Waals surface area contributed by atoms with Crippen LogP contribution in [0.4, 0.5) is 5.69 Å². The standard InChI is InChI=1S/C31H38N2O6/c1-35-15-4-13-33-14-16-37-29-12-7-22(17-27(29)33)21-38-30-20-32-19-28(34)31(30)23-8-10-24(11-9-23)39-26-6-3-5-25(18-26)36-2/h3,5-12,17-18,28,30-32,34H,4,13-16,19-21H2,1-2H3/t28-,30+,31+/m1/s1. The summed E-state index contributed by atoms with van der Waals surface area (Å²) in [5.41, 5.74) is 3.20. The number of piperidine rings is 1. The van der Waals surface area contributed by atoms with Gasteiger partial charge in [-0.15, -0.1) is 0 Å². The number of rotatable bonds is 11. The number of nitrogens with one attached hydrogen (secondary N) is 1. The van der Waals surface area contributed by atoms with E-state index in [1.165, 1.54) is 0 Å². The van der Waals surface area contributed by atoms with E-state index < -0.39 is 6.10 Å². The Labute approximate surface area is 230 Å². The molecule has 2 heterocycles. The molecule has 8 nitrogen and oxygen atoms in total. The minimum Gasteiger partial charge on any atom is -0.497 e. The summed E-state index contributed by atoms with van der Waals surface area (Å²) in [7, 11) is 3.37. The number of methoxy groups -OCH3 is 2. The van der Waals surface area contributed by atoms with E-state index in [1.807, 2.05) is 54.6 Å². The Morgan fingerprint density at radius 2 is 1.82 bits per heavy atom. The van der Waals surface area contributed by atoms with Crippen LogP contribution in [0.1, 0.15) is 23.5 Å². The van der Waals surface area contributed by atoms with Crippen LogP contribution in [0.3, 0.4) is 0 Å². The molecule has 1 fully saturated rings. The monoisotopic (exact) mass is 534 g/mol. The van der Waals surface area contributed by atoms with Crippen molar-refractivity contribution in [3.8, 4) is 23.0 Å². The van der Waals surface area contributed by atoms with Gasteiger partial charge in [-0.3, -0.25) is 0 Å². The summed E-state index contributed by atoms with van der Waals surface area (Å²) in [4.78, 5) is 2.35. The molecule has 2 aliphatic heterocycles. The molecule has 2 aliphatic rings. The highest BCUT2D eigenvalue weighted by molar-refractivity contribution is 5.61. The van der Waals surface area contributed by atoms with Gasteiger partial charge in [-0.1, -0.05) is 24.3 Å². The molecule has 39 heavy (non-hydrogen) atoms. The lowest BCUT2D eigenvalue weighted by molar-refractivity contribution is -0.0328. The number of benzene rings is 3. The summed E-state index contributed by atoms with van der Waals surface area (Å²) in [6.07, 6.45) is 0.235. The van der Waals surface area contributed by atoms with Gasteiger partial charge in [0, 0.05) is 45.3 Å². The Morgan fingerprint density at radius 1 is 0.974 bits per heavy atom. The van der Waals surface area contributed by atoms with Crippen LogP contribution >= 0.6 is 0 Å². The third-order valence-corrected chi connectivity index (χ3v) is 7.28. The van der Waals surface area contributed by atoms with Crippen molar-refractivity contribution in [3.05, 3.63) is 77.9 Å². The van der Waals surface area contributed by atoms with Crippen molar-refractivity contribution in [2.45, 2.75) is 31.2 Å². The Balaban J connectivity index is 1.25. The zero-order valence-corrected chi connectivity index (χ0v) is 22.7. The zero-order valence-electron chi connectivity index (χ0n) is 22.7. The van der Waals surface area contributed by atoms with Gasteiger partial charge in [0.25, 0.3) is 0 Å². The molecule has 208 valence electrons. The lowest BCUT2D eigenvalue weighted by atomic mass is 9.85. The smallest absolute Gasteiger partial charge is 0.142 e. The van der Waals surface area contributed by atoms with E-state index in [-0.39, 0.29) is 12.0 Å². The first kappa shape index (κ1) is 27.3. The van der Waals surface area contributed by atoms with Gasteiger partial charge < -0.3 is 39.0 Å². The van der Waals surface area contributed by atoms with E-state index in [0.29, 0.717) is 32.1 Å². The number of β-amino-alcohol motifs (C(OH)–C–C–N with tert-alkyl or cyclic N) is 1. The summed E-state index contributed by atoms with van der Waals surface area (Å²) in [5.74, 6) is 2.93. The molecule has 0 bridgehead atoms. The van der Waals surface area contributed by atoms with Crippen LogP contribution in [0, 0.1) is 0 Å². The number of aliphatic hydroxyl groups is 1. The molecule has 3 aromatic rings. The highest BCUT2D eigenvalue weighted by atomic mass is 16.5. The molecule has 3 aromatic carbocycles. The van der Waals surface area contributed by atoms with Gasteiger partial charge in [0.1, 0.15) is 29.6 Å². The number of aliphatic hydroxyl groups excluding tert-OH is 1. The van der Waals surface area contributed by atoms with E-state index in [9.17, 15) is 5.11 Å². The Morgan fingerprint density at radius 3 is 2.64 bits per heavy atom. The number of ether oxygens (including phenoxy) is 5. The van der Waals surface area contributed by atoms with E-state index in [2.05, 4.69) is 22.3 Å². The molecule has 0 unspecified atom stereocenters. The van der Waals surface area contributed by atoms with Gasteiger partial charge >= 0.3 is 0 Å². The fourth-order valence-corrected chi connectivity index (χ4v) is 5.28. The third kappa shape index (κ3) is 6.83. The molecule has 0 aromatic heterocycles. The molecule has 2 N–H and O–H groups in total. The van der Waals surface area contributed by atoms with Crippen molar-refractivity contribution < 1.29 is 28.8 Å². The first-order valence-corrected chi connectivity index (χ1v) is 13.6. The summed E-state index contributed by atoms with van der Waals surface area (Å²) in [6.45, 7) is 4.85. The quantitative estimate of drug-likeness (QED) is 0.352. The van der Waals surface area contributed by atoms with Crippen LogP contribution in [-0.2, 0) is 16.1 Å². The van der Waals surface area contributed by atoms with Crippen LogP contribution in [0.2, 0.25) is 0 Å². The minimum atomic E-state index is -0.554. The number of fused-ring (bicyclic) bond motifs is 1. The second-order valence-electron chi connectivity index (χ2n) is 9.93. The molecule has 5 rings (SSSR count). The maximum absolute atomic E-state index is 10.9. The van der Waals surface area contributed by atoms with Crippen molar-refractivity contribution in [2.75, 3.05) is 58.5 Å². The molecular formula is C31H38N2O6. The number of hydrogen-bond donors (Lipinski definition) is 2. The number of nitrogens with zero attached hydrogens (tertiary/aromatic N) is 1. The molecule has 0 amide bonds. The highest BCUT2D eigenvalue weighted by Crippen LogP contribution is 2.35. The van der Waals surface area contributed by atoms with Gasteiger partial charge in [0.05, 0.1) is 38.2 Å². The highest BCUT2D eigenvalue weighted by Gasteiger charge is 2.34. The zero-order chi connectivity index (χ0) is 27.0. The second kappa shape index (κ2) is 13.2. The number of anilines is 1. The van der Waals surface area contributed by atoms with Crippen LogP contribution in [0.5, 0.6) is 23.0 Å². The van der Waals surface area contributed by atoms with Gasteiger partial charge in [-0.05, 0) is 53.9 Å². The van der Waals surface area contributed by atoms with E-state index in [4.69, 9.17) is 23.7 Å². The van der Waals surface area contributed by atoms with Crippen molar-refractivity contribution >= 4 is 5.69 Å². The van der Waals surface area contributed by atoms with Gasteiger partial charge in [0.2, 0.25) is 0 Å². The Bertz CT molecular complexity index is 1200. The first-order valence-electron chi connectivity index (χ1n) is 13.6. The van der Waals surface area contributed by atoms with E-state index in [1.54, 1.807) is 14.2 Å². The fourth-order valence-electron chi connectivity index (χ4n) is 5.28. The summed E-state index contributed by atoms with van der Waals surface area (Å²) < 4.78 is 28.8. The maximum Gasteiger partial charge on any atom is 0.142 e. The molecule has 0 aliphatic carbocycles. The average molecular weight is 535 g/mol. The van der Waals surface area contributed by atoms with Crippen LogP contribution in [0.15, 0.2) is 66.7 Å². The van der Waals surface area contributed by atoms with Crippen LogP contribution in [-0.4, -0.2) is 70.9 Å². The molecule has 8 heteroatoms. The fraction of sp³-hybridized carbons (Fsp3) is 0.419. The van der Waals surface area contributed by atoms with Crippen molar-refractivity contribution in [1.29, 1.82) is 0 Å². The summed E-state index contributed by atoms with van der Waals surface area (Å²) >= 11 is 0. The SMILES string of the molecule is COCCCN1CCOc2ccc(CO[C@H]3CNC[C@@H](O)[C@@H]3c3ccc(Oc4cccc(OC)c4)cc3)cc21. The third-order valence-electron chi connectivity index (χ3n) is 7.28. The van der Waals surface area contributed by atoms with E-state index in [0.717, 1.165) is 60.2 Å². The van der Waals surface area contributed by atoms with Crippen molar-refractivity contribution in [3.63, 3.8) is 0 Å². The number of hydrogen-bond acceptors (Lipinski definition) is 8. The summed E-state index contributed by atoms with van der Waals surface area (Å²) in [6, 6.07) is 21.7. The normalized spacial score (nSPS) is 20.7. The molecule has 3 atom stereocenters. The summed E-state index contributed by atoms with van der Waals surface area (Å²) in [5, 5.41) is 14.2. The molecule has 0 spiro atoms. The van der Waals surface area contributed by atoms with Crippen LogP contribution < -0.4 is 24.4 Å². The van der Waals surface area contributed by atoms with Crippen molar-refractivity contribution in [2.24, 2.45) is 0 Å². The van der Waals surface area contributed by atoms with Crippen molar-refractivity contribution in [1.82, 2.24) is 5.32 Å². The lowest BCUT2D eigenvalue weighted by Crippen LogP contribution is -2.49. The molecular weight excluding hydrogens is 496 g/mol.